The lowest BCUT2D eigenvalue weighted by Gasteiger charge is -2.34. The van der Waals surface area contributed by atoms with Crippen LogP contribution in [0.25, 0.3) is 11.3 Å². The molecule has 0 aliphatic carbocycles. The fourth-order valence-corrected chi connectivity index (χ4v) is 7.71. The summed E-state index contributed by atoms with van der Waals surface area (Å²) in [6.45, 7) is 12.7. The molecule has 1 aromatic heterocycles. The van der Waals surface area contributed by atoms with E-state index in [2.05, 4.69) is 38.1 Å². The van der Waals surface area contributed by atoms with Gasteiger partial charge in [0.1, 0.15) is 30.8 Å². The average molecular weight is 830 g/mol. The number of anilines is 2. The summed E-state index contributed by atoms with van der Waals surface area (Å²) in [5.74, 6) is 0.402. The van der Waals surface area contributed by atoms with Crippen molar-refractivity contribution in [2.24, 2.45) is 0 Å². The van der Waals surface area contributed by atoms with Gasteiger partial charge in [-0.3, -0.25) is 29.1 Å². The molecule has 15 heteroatoms. The summed E-state index contributed by atoms with van der Waals surface area (Å²) in [5, 5.41) is 6.00. The lowest BCUT2D eigenvalue weighted by atomic mass is 10.0. The monoisotopic (exact) mass is 829 g/mol. The van der Waals surface area contributed by atoms with Gasteiger partial charge in [-0.15, -0.1) is 0 Å². The number of benzene rings is 3. The van der Waals surface area contributed by atoms with Gasteiger partial charge in [-0.1, -0.05) is 36.9 Å². The average Bonchev–Trinajstić information content (AvgIpc) is 3.51. The third-order valence-electron chi connectivity index (χ3n) is 11.0. The van der Waals surface area contributed by atoms with E-state index in [4.69, 9.17) is 28.7 Å². The molecular formula is C46H51N7O8. The number of ether oxygens (including phenoxy) is 5. The summed E-state index contributed by atoms with van der Waals surface area (Å²) >= 11 is 0. The maximum atomic E-state index is 13.1. The highest BCUT2D eigenvalue weighted by atomic mass is 16.5. The first kappa shape index (κ1) is 41.8. The number of amides is 3. The van der Waals surface area contributed by atoms with Crippen LogP contribution in [0.4, 0.5) is 11.6 Å². The molecule has 2 N–H and O–H groups in total. The molecule has 8 rings (SSSR count). The van der Waals surface area contributed by atoms with Crippen LogP contribution in [0.2, 0.25) is 0 Å². The number of hydrogen-bond acceptors (Lipinski definition) is 13. The van der Waals surface area contributed by atoms with Crippen LogP contribution in [0.1, 0.15) is 44.7 Å². The summed E-state index contributed by atoms with van der Waals surface area (Å²) in [4.78, 5) is 53.7. The molecule has 0 saturated carbocycles. The van der Waals surface area contributed by atoms with Gasteiger partial charge in [0.05, 0.1) is 56.5 Å². The highest BCUT2D eigenvalue weighted by molar-refractivity contribution is 6.23. The van der Waals surface area contributed by atoms with Crippen LogP contribution in [0, 0.1) is 0 Å². The second-order valence-electron chi connectivity index (χ2n) is 15.2. The molecule has 1 atom stereocenters. The lowest BCUT2D eigenvalue weighted by Crippen LogP contribution is -2.51. The van der Waals surface area contributed by atoms with Crippen molar-refractivity contribution in [3.05, 3.63) is 120 Å². The van der Waals surface area contributed by atoms with Crippen LogP contribution in [0.3, 0.4) is 0 Å². The quantitative estimate of drug-likeness (QED) is 0.112. The van der Waals surface area contributed by atoms with Crippen LogP contribution in [0.5, 0.6) is 11.5 Å². The number of piperidine rings is 1. The van der Waals surface area contributed by atoms with Crippen molar-refractivity contribution in [1.29, 1.82) is 0 Å². The van der Waals surface area contributed by atoms with Crippen LogP contribution in [-0.2, 0) is 32.2 Å². The number of nitrogens with zero attached hydrogens (tertiary/aromatic N) is 5. The predicted octanol–water partition coefficient (Wildman–Crippen LogP) is 4.97. The molecule has 1 unspecified atom stereocenters. The third kappa shape index (κ3) is 10.7. The second kappa shape index (κ2) is 20.1. The molecule has 2 fully saturated rings. The van der Waals surface area contributed by atoms with Crippen molar-refractivity contribution in [3.63, 3.8) is 0 Å². The Morgan fingerprint density at radius 2 is 1.56 bits per heavy atom. The Kier molecular flexibility index (Phi) is 13.7. The minimum Gasteiger partial charge on any atom is -0.492 e. The van der Waals surface area contributed by atoms with Crippen LogP contribution >= 0.6 is 0 Å². The van der Waals surface area contributed by atoms with E-state index in [-0.39, 0.29) is 11.1 Å². The standard InChI is InChI=1S/C46H51N7O8/c1-32-7-11-41(43(54)48-32)53-44(55)38-10-9-37(29-39(38)45(53)56)60-26-25-57-23-19-51-15-17-52(18-16-51)20-24-61-42-12-8-36-28-35(42)31-59-22-3-2-21-58-30-33-5-4-6-34(27-33)40-13-14-47-46(49-36)50-40/h2-6,8-10,12-14,27-29,41H,1,7,11,15-26,30-31H2,(H,48,54)(H,47,49,50)/b3-2+. The van der Waals surface area contributed by atoms with E-state index in [0.29, 0.717) is 83.1 Å². The summed E-state index contributed by atoms with van der Waals surface area (Å²) in [6, 6.07) is 20.0. The minimum atomic E-state index is -0.849. The topological polar surface area (TPSA) is 157 Å². The molecule has 2 saturated heterocycles. The molecule has 6 bridgehead atoms. The summed E-state index contributed by atoms with van der Waals surface area (Å²) < 4.78 is 29.9. The van der Waals surface area contributed by atoms with Gasteiger partial charge in [0, 0.05) is 68.0 Å². The SMILES string of the molecule is C=C1CCC(N2C(=O)c3ccc(OCCOCCN4CCN(CCOc5ccc6cc5COC/C=C/COCc5cccc(c5)-c5ccnc(n5)N6)CC4)cc3C2=O)C(=O)N1. The number of piperazine rings is 1. The maximum Gasteiger partial charge on any atom is 0.262 e. The van der Waals surface area contributed by atoms with Crippen LogP contribution in [-0.4, -0.2) is 127 Å². The molecule has 318 valence electrons. The zero-order valence-corrected chi connectivity index (χ0v) is 34.2. The van der Waals surface area contributed by atoms with E-state index in [1.807, 2.05) is 54.6 Å². The van der Waals surface area contributed by atoms with Gasteiger partial charge in [0.15, 0.2) is 0 Å². The van der Waals surface area contributed by atoms with E-state index < -0.39 is 23.8 Å². The summed E-state index contributed by atoms with van der Waals surface area (Å²) in [6.07, 6.45) is 6.57. The van der Waals surface area contributed by atoms with Crippen molar-refractivity contribution in [2.75, 3.05) is 84.2 Å². The first-order chi connectivity index (χ1) is 29.9. The molecular weight excluding hydrogens is 779 g/mol. The predicted molar refractivity (Wildman–Crippen MR) is 228 cm³/mol. The van der Waals surface area contributed by atoms with E-state index in [0.717, 1.165) is 78.0 Å². The molecule has 4 aliphatic rings. The molecule has 0 radical (unpaired) electrons. The minimum absolute atomic E-state index is 0.240. The number of allylic oxidation sites excluding steroid dienone is 1. The molecule has 3 amide bonds. The van der Waals surface area contributed by atoms with Crippen LogP contribution < -0.4 is 20.1 Å². The zero-order chi connectivity index (χ0) is 42.0. The smallest absolute Gasteiger partial charge is 0.262 e. The fraction of sp³-hybridized carbons (Fsp3) is 0.370. The molecule has 0 spiro atoms. The number of hydrogen-bond donors (Lipinski definition) is 2. The number of imide groups is 1. The van der Waals surface area contributed by atoms with Gasteiger partial charge in [-0.05, 0) is 66.9 Å². The van der Waals surface area contributed by atoms with E-state index in [9.17, 15) is 14.4 Å². The maximum absolute atomic E-state index is 13.1. The second-order valence-corrected chi connectivity index (χ2v) is 15.2. The van der Waals surface area contributed by atoms with Gasteiger partial charge in [0.2, 0.25) is 11.9 Å². The highest BCUT2D eigenvalue weighted by Crippen LogP contribution is 2.31. The van der Waals surface area contributed by atoms with Gasteiger partial charge in [0.25, 0.3) is 11.8 Å². The first-order valence-electron chi connectivity index (χ1n) is 20.8. The summed E-state index contributed by atoms with van der Waals surface area (Å²) in [7, 11) is 0. The molecule has 5 heterocycles. The zero-order valence-electron chi connectivity index (χ0n) is 34.2. The van der Waals surface area contributed by atoms with E-state index in [1.165, 1.54) is 0 Å². The third-order valence-corrected chi connectivity index (χ3v) is 11.0. The molecule has 61 heavy (non-hydrogen) atoms. The Hall–Kier alpha value is -5.97. The van der Waals surface area contributed by atoms with Gasteiger partial charge < -0.3 is 34.3 Å². The Morgan fingerprint density at radius 1 is 0.770 bits per heavy atom. The van der Waals surface area contributed by atoms with E-state index >= 15 is 0 Å². The highest BCUT2D eigenvalue weighted by Gasteiger charge is 2.44. The molecule has 4 aromatic rings. The number of carbonyl (C=O) groups is 3. The Balaban J connectivity index is 0.750. The summed E-state index contributed by atoms with van der Waals surface area (Å²) in [5.41, 5.74) is 5.77. The number of nitrogens with one attached hydrogen (secondary N) is 2. The van der Waals surface area contributed by atoms with Crippen molar-refractivity contribution >= 4 is 29.4 Å². The van der Waals surface area contributed by atoms with Gasteiger partial charge in [-0.2, -0.15) is 0 Å². The van der Waals surface area contributed by atoms with Gasteiger partial charge in [-0.25, -0.2) is 9.97 Å². The van der Waals surface area contributed by atoms with Crippen molar-refractivity contribution in [3.8, 4) is 22.8 Å². The van der Waals surface area contributed by atoms with Crippen molar-refractivity contribution in [1.82, 2.24) is 30.0 Å². The number of fused-ring (bicyclic) bond motifs is 8. The normalized spacial score (nSPS) is 19.3. The van der Waals surface area contributed by atoms with Crippen molar-refractivity contribution < 1.29 is 38.1 Å². The van der Waals surface area contributed by atoms with Gasteiger partial charge >= 0.3 is 0 Å². The molecule has 15 nitrogen and oxygen atoms in total. The Bertz CT molecular complexity index is 2260. The number of carbonyl (C=O) groups excluding carboxylic acids is 3. The molecule has 4 aliphatic heterocycles. The number of aromatic nitrogens is 2. The number of rotatable bonds is 12. The first-order valence-corrected chi connectivity index (χ1v) is 20.8. The largest absolute Gasteiger partial charge is 0.492 e. The van der Waals surface area contributed by atoms with Crippen LogP contribution in [0.15, 0.2) is 97.4 Å². The Labute approximate surface area is 355 Å². The Morgan fingerprint density at radius 3 is 2.38 bits per heavy atom. The lowest BCUT2D eigenvalue weighted by molar-refractivity contribution is -0.125. The van der Waals surface area contributed by atoms with Crippen molar-refractivity contribution in [2.45, 2.75) is 32.1 Å². The fourth-order valence-electron chi connectivity index (χ4n) is 7.71. The van der Waals surface area contributed by atoms with E-state index in [1.54, 1.807) is 24.4 Å². The molecule has 3 aromatic carbocycles.